The lowest BCUT2D eigenvalue weighted by Gasteiger charge is -2.20. The number of aromatic nitrogens is 1. The van der Waals surface area contributed by atoms with Crippen LogP contribution in [0, 0.1) is 0 Å². The number of hydrogen-bond donors (Lipinski definition) is 0. The zero-order valence-corrected chi connectivity index (χ0v) is 12.1. The number of nitrogens with zero attached hydrogens (tertiary/aromatic N) is 1. The van der Waals surface area contributed by atoms with Gasteiger partial charge in [0.15, 0.2) is 0 Å². The normalized spacial score (nSPS) is 12.1. The molecule has 1 aromatic carbocycles. The Hall–Kier alpha value is -0.500. The lowest BCUT2D eigenvalue weighted by molar-refractivity contribution is 0.589. The predicted octanol–water partition coefficient (Wildman–Crippen LogP) is 5.49. The summed E-state index contributed by atoms with van der Waals surface area (Å²) in [6.45, 7) is 6.27. The number of rotatable bonds is 0. The van der Waals surface area contributed by atoms with Gasteiger partial charge in [-0.05, 0) is 29.2 Å². The number of hydrogen-bond acceptors (Lipinski definition) is 1. The van der Waals surface area contributed by atoms with E-state index in [1.54, 1.807) is 12.1 Å². The van der Waals surface area contributed by atoms with E-state index in [0.29, 0.717) is 15.2 Å². The zero-order chi connectivity index (χ0) is 12.8. The molecular weight excluding hydrogens is 277 g/mol. The summed E-state index contributed by atoms with van der Waals surface area (Å²) in [5, 5.41) is 2.55. The molecule has 0 radical (unpaired) electrons. The molecule has 0 aliphatic carbocycles. The molecule has 0 aliphatic heterocycles. The third kappa shape index (κ3) is 2.52. The number of pyridine rings is 1. The Morgan fingerprint density at radius 2 is 1.65 bits per heavy atom. The van der Waals surface area contributed by atoms with E-state index >= 15 is 0 Å². The van der Waals surface area contributed by atoms with E-state index in [0.717, 1.165) is 16.5 Å². The molecule has 0 atom stereocenters. The first-order valence-electron chi connectivity index (χ1n) is 5.25. The van der Waals surface area contributed by atoms with Gasteiger partial charge in [-0.15, -0.1) is 0 Å². The van der Waals surface area contributed by atoms with Gasteiger partial charge in [0.25, 0.3) is 0 Å². The second-order valence-corrected chi connectivity index (χ2v) is 6.23. The van der Waals surface area contributed by atoms with E-state index in [1.165, 1.54) is 0 Å². The van der Waals surface area contributed by atoms with Crippen molar-refractivity contribution in [2.24, 2.45) is 0 Å². The quantitative estimate of drug-likeness (QED) is 0.584. The summed E-state index contributed by atoms with van der Waals surface area (Å²) in [6.07, 6.45) is 0. The molecule has 1 nitrogen and oxygen atoms in total. The van der Waals surface area contributed by atoms with Gasteiger partial charge in [-0.3, -0.25) is 0 Å². The van der Waals surface area contributed by atoms with Crippen LogP contribution in [0.3, 0.4) is 0 Å². The number of benzene rings is 1. The van der Waals surface area contributed by atoms with E-state index in [2.05, 4.69) is 25.8 Å². The molecule has 0 N–H and O–H groups in total. The van der Waals surface area contributed by atoms with E-state index in [9.17, 15) is 0 Å². The molecule has 0 spiro atoms. The SMILES string of the molecule is CC(C)(C)c1cc2c(Cl)cc(Cl)cc2nc1Cl. The second kappa shape index (κ2) is 4.31. The largest absolute Gasteiger partial charge is 0.236 e. The third-order valence-corrected chi connectivity index (χ3v) is 3.43. The van der Waals surface area contributed by atoms with Gasteiger partial charge in [-0.1, -0.05) is 55.6 Å². The van der Waals surface area contributed by atoms with Crippen molar-refractivity contribution in [3.63, 3.8) is 0 Å². The van der Waals surface area contributed by atoms with Crippen LogP contribution in [0.15, 0.2) is 18.2 Å². The first kappa shape index (κ1) is 12.9. The molecule has 0 bridgehead atoms. The average molecular weight is 289 g/mol. The maximum absolute atomic E-state index is 6.20. The van der Waals surface area contributed by atoms with Crippen LogP contribution >= 0.6 is 34.8 Å². The standard InChI is InChI=1S/C13H12Cl3N/c1-13(2,3)9-6-8-10(15)4-7(14)5-11(8)17-12(9)16/h4-6H,1-3H3. The van der Waals surface area contributed by atoms with E-state index in [-0.39, 0.29) is 5.41 Å². The smallest absolute Gasteiger partial charge is 0.133 e. The molecule has 0 amide bonds. The van der Waals surface area contributed by atoms with Crippen LogP contribution < -0.4 is 0 Å². The summed E-state index contributed by atoms with van der Waals surface area (Å²) in [4.78, 5) is 4.36. The molecule has 0 saturated carbocycles. The van der Waals surface area contributed by atoms with Crippen molar-refractivity contribution < 1.29 is 0 Å². The number of fused-ring (bicyclic) bond motifs is 1. The molecule has 1 aromatic heterocycles. The lowest BCUT2D eigenvalue weighted by Crippen LogP contribution is -2.12. The van der Waals surface area contributed by atoms with Gasteiger partial charge >= 0.3 is 0 Å². The Balaban J connectivity index is 2.81. The van der Waals surface area contributed by atoms with E-state index < -0.39 is 0 Å². The molecule has 0 fully saturated rings. The number of halogens is 3. The van der Waals surface area contributed by atoms with Crippen molar-refractivity contribution in [2.75, 3.05) is 0 Å². The lowest BCUT2D eigenvalue weighted by atomic mass is 9.87. The van der Waals surface area contributed by atoms with Gasteiger partial charge in [-0.25, -0.2) is 4.98 Å². The zero-order valence-electron chi connectivity index (χ0n) is 9.81. The van der Waals surface area contributed by atoms with Gasteiger partial charge in [0.2, 0.25) is 0 Å². The fourth-order valence-corrected chi connectivity index (χ4v) is 2.67. The van der Waals surface area contributed by atoms with Gasteiger partial charge in [-0.2, -0.15) is 0 Å². The van der Waals surface area contributed by atoms with Gasteiger partial charge in [0.1, 0.15) is 5.15 Å². The minimum Gasteiger partial charge on any atom is -0.236 e. The summed E-state index contributed by atoms with van der Waals surface area (Å²) >= 11 is 18.3. The summed E-state index contributed by atoms with van der Waals surface area (Å²) in [7, 11) is 0. The summed E-state index contributed by atoms with van der Waals surface area (Å²) in [5.41, 5.74) is 1.64. The van der Waals surface area contributed by atoms with Crippen molar-refractivity contribution in [1.82, 2.24) is 4.98 Å². The van der Waals surface area contributed by atoms with Crippen molar-refractivity contribution in [3.8, 4) is 0 Å². The fraction of sp³-hybridized carbons (Fsp3) is 0.308. The van der Waals surface area contributed by atoms with Crippen LogP contribution in [0.2, 0.25) is 15.2 Å². The van der Waals surface area contributed by atoms with Crippen molar-refractivity contribution in [2.45, 2.75) is 26.2 Å². The average Bonchev–Trinajstić information content (AvgIpc) is 2.13. The first-order valence-corrected chi connectivity index (χ1v) is 6.38. The van der Waals surface area contributed by atoms with Crippen LogP contribution in [0.4, 0.5) is 0 Å². The van der Waals surface area contributed by atoms with Crippen LogP contribution in [0.25, 0.3) is 10.9 Å². The first-order chi connectivity index (χ1) is 7.79. The maximum Gasteiger partial charge on any atom is 0.133 e. The maximum atomic E-state index is 6.20. The molecule has 17 heavy (non-hydrogen) atoms. The minimum atomic E-state index is -0.0682. The Morgan fingerprint density at radius 3 is 2.24 bits per heavy atom. The topological polar surface area (TPSA) is 12.9 Å². The molecule has 0 saturated heterocycles. The van der Waals surface area contributed by atoms with Gasteiger partial charge in [0.05, 0.1) is 10.5 Å². The molecule has 1 heterocycles. The monoisotopic (exact) mass is 287 g/mol. The van der Waals surface area contributed by atoms with Gasteiger partial charge in [0, 0.05) is 10.4 Å². The van der Waals surface area contributed by atoms with Crippen molar-refractivity contribution in [3.05, 3.63) is 39.0 Å². The van der Waals surface area contributed by atoms with Gasteiger partial charge < -0.3 is 0 Å². The van der Waals surface area contributed by atoms with Crippen LogP contribution in [-0.4, -0.2) is 4.98 Å². The molecule has 0 unspecified atom stereocenters. The second-order valence-electron chi connectivity index (χ2n) is 5.03. The fourth-order valence-electron chi connectivity index (χ4n) is 1.70. The molecule has 4 heteroatoms. The van der Waals surface area contributed by atoms with E-state index in [4.69, 9.17) is 34.8 Å². The minimum absolute atomic E-state index is 0.0682. The van der Waals surface area contributed by atoms with Crippen LogP contribution in [0.1, 0.15) is 26.3 Å². The molecule has 0 aliphatic rings. The molecule has 2 aromatic rings. The summed E-state index contributed by atoms with van der Waals surface area (Å²) < 4.78 is 0. The molecular formula is C13H12Cl3N. The Labute approximate surface area is 116 Å². The summed E-state index contributed by atoms with van der Waals surface area (Å²) in [5.74, 6) is 0. The van der Waals surface area contributed by atoms with Crippen LogP contribution in [0.5, 0.6) is 0 Å². The highest BCUT2D eigenvalue weighted by Crippen LogP contribution is 2.34. The Kier molecular flexibility index (Phi) is 3.28. The highest BCUT2D eigenvalue weighted by Gasteiger charge is 2.19. The van der Waals surface area contributed by atoms with Crippen LogP contribution in [-0.2, 0) is 5.41 Å². The predicted molar refractivity (Wildman–Crippen MR) is 75.5 cm³/mol. The molecule has 2 rings (SSSR count). The third-order valence-electron chi connectivity index (χ3n) is 2.61. The van der Waals surface area contributed by atoms with E-state index in [1.807, 2.05) is 6.07 Å². The Morgan fingerprint density at radius 1 is 1.00 bits per heavy atom. The Bertz CT molecular complexity index is 585. The molecule has 90 valence electrons. The summed E-state index contributed by atoms with van der Waals surface area (Å²) in [6, 6.07) is 5.47. The highest BCUT2D eigenvalue weighted by atomic mass is 35.5. The highest BCUT2D eigenvalue weighted by molar-refractivity contribution is 6.39. The van der Waals surface area contributed by atoms with Crippen molar-refractivity contribution in [1.29, 1.82) is 0 Å². The van der Waals surface area contributed by atoms with Crippen molar-refractivity contribution >= 4 is 45.7 Å².